The third-order valence-electron chi connectivity index (χ3n) is 2.75. The second kappa shape index (κ2) is 5.18. The fourth-order valence-corrected chi connectivity index (χ4v) is 3.25. The van der Waals surface area contributed by atoms with Gasteiger partial charge >= 0.3 is 5.97 Å². The van der Waals surface area contributed by atoms with Crippen molar-refractivity contribution in [1.29, 1.82) is 0 Å². The molecular formula is C10H16O4S. The van der Waals surface area contributed by atoms with Gasteiger partial charge in [-0.2, -0.15) is 11.8 Å². The van der Waals surface area contributed by atoms with Gasteiger partial charge in [0, 0.05) is 11.7 Å². The van der Waals surface area contributed by atoms with Crippen molar-refractivity contribution in [2.75, 3.05) is 12.4 Å². The molecule has 0 aromatic rings. The Kier molecular flexibility index (Phi) is 3.88. The second-order valence-electron chi connectivity index (χ2n) is 3.95. The first-order chi connectivity index (χ1) is 7.25. The molecule has 2 aliphatic heterocycles. The Morgan fingerprint density at radius 1 is 1.47 bits per heavy atom. The molecule has 2 saturated heterocycles. The van der Waals surface area contributed by atoms with Crippen LogP contribution in [0.1, 0.15) is 25.7 Å². The van der Waals surface area contributed by atoms with E-state index in [1.54, 1.807) is 0 Å². The molecule has 5 heteroatoms. The van der Waals surface area contributed by atoms with Crippen molar-refractivity contribution < 1.29 is 19.4 Å². The van der Waals surface area contributed by atoms with E-state index in [1.165, 1.54) is 25.0 Å². The Bertz CT molecular complexity index is 227. The van der Waals surface area contributed by atoms with E-state index >= 15 is 0 Å². The highest BCUT2D eigenvalue weighted by atomic mass is 32.2. The van der Waals surface area contributed by atoms with Crippen molar-refractivity contribution in [3.05, 3.63) is 0 Å². The number of hydrogen-bond donors (Lipinski definition) is 1. The van der Waals surface area contributed by atoms with Crippen LogP contribution in [0, 0.1) is 0 Å². The molecule has 3 unspecified atom stereocenters. The van der Waals surface area contributed by atoms with Crippen LogP contribution in [0.5, 0.6) is 0 Å². The number of hydrogen-bond acceptors (Lipinski definition) is 4. The third kappa shape index (κ3) is 3.09. The zero-order valence-electron chi connectivity index (χ0n) is 8.55. The predicted octanol–water partition coefficient (Wildman–Crippen LogP) is 1.49. The van der Waals surface area contributed by atoms with Crippen molar-refractivity contribution in [2.24, 2.45) is 0 Å². The molecule has 0 aromatic carbocycles. The van der Waals surface area contributed by atoms with Crippen molar-refractivity contribution in [1.82, 2.24) is 0 Å². The van der Waals surface area contributed by atoms with Gasteiger partial charge in [-0.1, -0.05) is 6.42 Å². The molecule has 2 rings (SSSR count). The Morgan fingerprint density at radius 2 is 2.33 bits per heavy atom. The summed E-state index contributed by atoms with van der Waals surface area (Å²) in [6.07, 6.45) is 3.53. The van der Waals surface area contributed by atoms with Crippen molar-refractivity contribution >= 4 is 17.7 Å². The van der Waals surface area contributed by atoms with E-state index < -0.39 is 12.1 Å². The number of carboxylic acids is 1. The minimum absolute atomic E-state index is 0.192. The van der Waals surface area contributed by atoms with Gasteiger partial charge in [0.05, 0.1) is 6.61 Å². The largest absolute Gasteiger partial charge is 0.479 e. The number of carboxylic acid groups (broad SMARTS) is 1. The van der Waals surface area contributed by atoms with Gasteiger partial charge in [-0.3, -0.25) is 0 Å². The van der Waals surface area contributed by atoms with Crippen LogP contribution in [0.3, 0.4) is 0 Å². The van der Waals surface area contributed by atoms with E-state index in [2.05, 4.69) is 0 Å². The van der Waals surface area contributed by atoms with Gasteiger partial charge in [0.25, 0.3) is 0 Å². The van der Waals surface area contributed by atoms with Gasteiger partial charge in [-0.15, -0.1) is 0 Å². The van der Waals surface area contributed by atoms with Gasteiger partial charge < -0.3 is 14.6 Å². The number of ether oxygens (including phenoxy) is 2. The fraction of sp³-hybridized carbons (Fsp3) is 0.900. The summed E-state index contributed by atoms with van der Waals surface area (Å²) in [5.74, 6) is 0.286. The van der Waals surface area contributed by atoms with E-state index in [1.807, 2.05) is 11.8 Å². The molecule has 0 saturated carbocycles. The Labute approximate surface area is 93.3 Å². The Hall–Kier alpha value is -0.260. The second-order valence-corrected chi connectivity index (χ2v) is 5.36. The average molecular weight is 232 g/mol. The van der Waals surface area contributed by atoms with Crippen molar-refractivity contribution in [3.63, 3.8) is 0 Å². The summed E-state index contributed by atoms with van der Waals surface area (Å²) in [5.41, 5.74) is 0. The molecule has 15 heavy (non-hydrogen) atoms. The highest BCUT2D eigenvalue weighted by Crippen LogP contribution is 2.30. The van der Waals surface area contributed by atoms with Crippen LogP contribution >= 0.6 is 11.8 Å². The van der Waals surface area contributed by atoms with Crippen LogP contribution in [-0.4, -0.2) is 41.1 Å². The molecule has 0 aliphatic carbocycles. The van der Waals surface area contributed by atoms with E-state index in [4.69, 9.17) is 14.6 Å². The maximum Gasteiger partial charge on any atom is 0.335 e. The summed E-state index contributed by atoms with van der Waals surface area (Å²) in [6.45, 7) is 0.192. The third-order valence-corrected chi connectivity index (χ3v) is 4.18. The lowest BCUT2D eigenvalue weighted by Gasteiger charge is -2.23. The first-order valence-corrected chi connectivity index (χ1v) is 6.42. The molecule has 0 bridgehead atoms. The quantitative estimate of drug-likeness (QED) is 0.799. The summed E-state index contributed by atoms with van der Waals surface area (Å²) >= 11 is 1.95. The molecule has 2 fully saturated rings. The molecule has 1 N–H and O–H groups in total. The van der Waals surface area contributed by atoms with E-state index in [0.717, 1.165) is 6.42 Å². The minimum Gasteiger partial charge on any atom is -0.479 e. The molecule has 0 aromatic heterocycles. The zero-order chi connectivity index (χ0) is 10.7. The smallest absolute Gasteiger partial charge is 0.335 e. The molecule has 2 heterocycles. The first-order valence-electron chi connectivity index (χ1n) is 5.37. The SMILES string of the molecule is O=C(O)C1COC(CC2CCCCS2)O1. The lowest BCUT2D eigenvalue weighted by Crippen LogP contribution is -2.24. The molecular weight excluding hydrogens is 216 g/mol. The van der Waals surface area contributed by atoms with E-state index in [9.17, 15) is 4.79 Å². The van der Waals surface area contributed by atoms with Crippen LogP contribution < -0.4 is 0 Å². The van der Waals surface area contributed by atoms with E-state index in [-0.39, 0.29) is 12.9 Å². The topological polar surface area (TPSA) is 55.8 Å². The minimum atomic E-state index is -0.922. The highest BCUT2D eigenvalue weighted by molar-refractivity contribution is 7.99. The van der Waals surface area contributed by atoms with Gasteiger partial charge in [0.1, 0.15) is 0 Å². The van der Waals surface area contributed by atoms with Crippen LogP contribution in [0.25, 0.3) is 0 Å². The van der Waals surface area contributed by atoms with Gasteiger partial charge in [0.2, 0.25) is 0 Å². The molecule has 3 atom stereocenters. The molecule has 0 radical (unpaired) electrons. The number of thioether (sulfide) groups is 1. The van der Waals surface area contributed by atoms with E-state index in [0.29, 0.717) is 5.25 Å². The van der Waals surface area contributed by atoms with Crippen LogP contribution in [-0.2, 0) is 14.3 Å². The summed E-state index contributed by atoms with van der Waals surface area (Å²) in [7, 11) is 0. The maximum atomic E-state index is 10.6. The molecule has 4 nitrogen and oxygen atoms in total. The summed E-state index contributed by atoms with van der Waals surface area (Å²) in [6, 6.07) is 0. The molecule has 86 valence electrons. The zero-order valence-corrected chi connectivity index (χ0v) is 9.37. The maximum absolute atomic E-state index is 10.6. The molecule has 2 aliphatic rings. The fourth-order valence-electron chi connectivity index (χ4n) is 1.92. The Balaban J connectivity index is 1.74. The lowest BCUT2D eigenvalue weighted by atomic mass is 10.1. The highest BCUT2D eigenvalue weighted by Gasteiger charge is 2.33. The van der Waals surface area contributed by atoms with Gasteiger partial charge in [-0.05, 0) is 18.6 Å². The summed E-state index contributed by atoms with van der Waals surface area (Å²) in [4.78, 5) is 10.6. The summed E-state index contributed by atoms with van der Waals surface area (Å²) < 4.78 is 10.6. The van der Waals surface area contributed by atoms with Crippen LogP contribution in [0.4, 0.5) is 0 Å². The van der Waals surface area contributed by atoms with Crippen molar-refractivity contribution in [2.45, 2.75) is 43.3 Å². The number of carbonyl (C=O) groups is 1. The first kappa shape index (κ1) is 11.2. The molecule has 0 amide bonds. The van der Waals surface area contributed by atoms with Crippen LogP contribution in [0.2, 0.25) is 0 Å². The summed E-state index contributed by atoms with van der Waals surface area (Å²) in [5, 5.41) is 9.31. The standard InChI is InChI=1S/C10H16O4S/c11-10(12)8-6-13-9(14-8)5-7-3-1-2-4-15-7/h7-9H,1-6H2,(H,11,12). The Morgan fingerprint density at radius 3 is 2.93 bits per heavy atom. The monoisotopic (exact) mass is 232 g/mol. The molecule has 0 spiro atoms. The number of aliphatic carboxylic acids is 1. The predicted molar refractivity (Wildman–Crippen MR) is 57.0 cm³/mol. The van der Waals surface area contributed by atoms with Gasteiger partial charge in [-0.25, -0.2) is 4.79 Å². The van der Waals surface area contributed by atoms with Gasteiger partial charge in [0.15, 0.2) is 12.4 Å². The van der Waals surface area contributed by atoms with Crippen molar-refractivity contribution in [3.8, 4) is 0 Å². The van der Waals surface area contributed by atoms with Crippen LogP contribution in [0.15, 0.2) is 0 Å². The normalized spacial score (nSPS) is 36.7. The lowest BCUT2D eigenvalue weighted by molar-refractivity contribution is -0.150. The number of rotatable bonds is 3. The average Bonchev–Trinajstić information content (AvgIpc) is 2.68.